The molecule has 0 fully saturated rings. The second kappa shape index (κ2) is 5.12. The van der Waals surface area contributed by atoms with Gasteiger partial charge in [-0.15, -0.1) is 0 Å². The summed E-state index contributed by atoms with van der Waals surface area (Å²) in [4.78, 5) is 9.98. The maximum absolute atomic E-state index is 5.90. The fourth-order valence-electron chi connectivity index (χ4n) is 1.25. The number of halogens is 1. The monoisotopic (exact) mass is 214 g/mol. The van der Waals surface area contributed by atoms with Crippen molar-refractivity contribution in [3.63, 3.8) is 0 Å². The molecule has 5 heteroatoms. The minimum Gasteiger partial charge on any atom is -0.365 e. The average molecular weight is 215 g/mol. The van der Waals surface area contributed by atoms with Gasteiger partial charge in [-0.3, -0.25) is 0 Å². The van der Waals surface area contributed by atoms with E-state index in [9.17, 15) is 0 Å². The molecule has 0 aliphatic heterocycles. The Morgan fingerprint density at radius 3 is 2.86 bits per heavy atom. The van der Waals surface area contributed by atoms with Crippen LogP contribution in [0.2, 0.25) is 5.02 Å². The molecular formula is C9H15ClN4. The molecule has 1 aromatic heterocycles. The number of nitrogens with zero attached hydrogens (tertiary/aromatic N) is 3. The van der Waals surface area contributed by atoms with Gasteiger partial charge in [-0.25, -0.2) is 9.97 Å². The minimum atomic E-state index is 0.303. The molecule has 78 valence electrons. The summed E-state index contributed by atoms with van der Waals surface area (Å²) in [5.41, 5.74) is 0. The summed E-state index contributed by atoms with van der Waals surface area (Å²) >= 11 is 5.90. The van der Waals surface area contributed by atoms with Crippen molar-refractivity contribution < 1.29 is 0 Å². The highest BCUT2D eigenvalue weighted by Gasteiger charge is 2.06. The highest BCUT2D eigenvalue weighted by molar-refractivity contribution is 6.32. The molecule has 1 aromatic rings. The molecule has 0 saturated carbocycles. The van der Waals surface area contributed by atoms with Crippen LogP contribution in [-0.4, -0.2) is 41.5 Å². The largest absolute Gasteiger partial charge is 0.365 e. The summed E-state index contributed by atoms with van der Waals surface area (Å²) in [6.07, 6.45) is 3.07. The molecule has 0 aliphatic rings. The fourth-order valence-corrected chi connectivity index (χ4v) is 1.41. The van der Waals surface area contributed by atoms with E-state index < -0.39 is 0 Å². The Morgan fingerprint density at radius 1 is 1.57 bits per heavy atom. The molecule has 0 amide bonds. The number of hydrogen-bond acceptors (Lipinski definition) is 4. The van der Waals surface area contributed by atoms with Crippen molar-refractivity contribution >= 4 is 17.4 Å². The lowest BCUT2D eigenvalue weighted by Crippen LogP contribution is -2.30. The van der Waals surface area contributed by atoms with E-state index in [1.165, 1.54) is 6.33 Å². The van der Waals surface area contributed by atoms with Crippen LogP contribution in [0.5, 0.6) is 0 Å². The van der Waals surface area contributed by atoms with Crippen LogP contribution < -0.4 is 5.32 Å². The predicted octanol–water partition coefficient (Wildman–Crippen LogP) is 1.49. The number of hydrogen-bond donors (Lipinski definition) is 1. The third-order valence-electron chi connectivity index (χ3n) is 1.69. The summed E-state index contributed by atoms with van der Waals surface area (Å²) < 4.78 is 0. The highest BCUT2D eigenvalue weighted by atomic mass is 35.5. The Kier molecular flexibility index (Phi) is 4.10. The molecule has 1 atom stereocenters. The zero-order valence-electron chi connectivity index (χ0n) is 8.66. The van der Waals surface area contributed by atoms with E-state index in [0.717, 1.165) is 6.54 Å². The van der Waals surface area contributed by atoms with Crippen molar-refractivity contribution in [2.75, 3.05) is 26.0 Å². The maximum Gasteiger partial charge on any atom is 0.148 e. The molecule has 0 spiro atoms. The van der Waals surface area contributed by atoms with E-state index in [0.29, 0.717) is 16.9 Å². The van der Waals surface area contributed by atoms with Crippen molar-refractivity contribution in [1.29, 1.82) is 0 Å². The smallest absolute Gasteiger partial charge is 0.148 e. The molecule has 0 aromatic carbocycles. The van der Waals surface area contributed by atoms with E-state index >= 15 is 0 Å². The van der Waals surface area contributed by atoms with Crippen LogP contribution in [0, 0.1) is 0 Å². The van der Waals surface area contributed by atoms with Gasteiger partial charge in [0.2, 0.25) is 0 Å². The molecular weight excluding hydrogens is 200 g/mol. The Labute approximate surface area is 89.3 Å². The van der Waals surface area contributed by atoms with Crippen molar-refractivity contribution in [3.8, 4) is 0 Å². The first-order chi connectivity index (χ1) is 6.59. The number of likely N-dealkylation sites (N-methyl/N-ethyl adjacent to an activating group) is 1. The second-order valence-corrected chi connectivity index (χ2v) is 3.93. The molecule has 0 radical (unpaired) electrons. The number of aromatic nitrogens is 2. The van der Waals surface area contributed by atoms with Crippen molar-refractivity contribution in [1.82, 2.24) is 14.9 Å². The van der Waals surface area contributed by atoms with Gasteiger partial charge in [0.1, 0.15) is 17.2 Å². The van der Waals surface area contributed by atoms with Crippen LogP contribution in [0.4, 0.5) is 5.82 Å². The quantitative estimate of drug-likeness (QED) is 0.825. The third kappa shape index (κ3) is 3.47. The van der Waals surface area contributed by atoms with Crippen LogP contribution >= 0.6 is 11.6 Å². The number of rotatable bonds is 4. The first-order valence-corrected chi connectivity index (χ1v) is 4.84. The molecule has 1 heterocycles. The van der Waals surface area contributed by atoms with Gasteiger partial charge in [0, 0.05) is 12.6 Å². The summed E-state index contributed by atoms with van der Waals surface area (Å²) in [6, 6.07) is 0.303. The second-order valence-electron chi connectivity index (χ2n) is 3.53. The summed E-state index contributed by atoms with van der Waals surface area (Å²) in [7, 11) is 4.06. The normalized spacial score (nSPS) is 12.9. The third-order valence-corrected chi connectivity index (χ3v) is 1.97. The molecule has 0 saturated heterocycles. The van der Waals surface area contributed by atoms with E-state index in [4.69, 9.17) is 11.6 Å². The Hall–Kier alpha value is -0.870. The average Bonchev–Trinajstić information content (AvgIpc) is 2.07. The lowest BCUT2D eigenvalue weighted by molar-refractivity contribution is 0.392. The summed E-state index contributed by atoms with van der Waals surface area (Å²) in [5, 5.41) is 3.77. The van der Waals surface area contributed by atoms with Gasteiger partial charge >= 0.3 is 0 Å². The van der Waals surface area contributed by atoms with Crippen molar-refractivity contribution in [3.05, 3.63) is 17.5 Å². The van der Waals surface area contributed by atoms with Gasteiger partial charge in [-0.05, 0) is 21.0 Å². The van der Waals surface area contributed by atoms with Crippen molar-refractivity contribution in [2.45, 2.75) is 13.0 Å². The van der Waals surface area contributed by atoms with Crippen LogP contribution in [0.1, 0.15) is 6.92 Å². The molecule has 1 unspecified atom stereocenters. The zero-order valence-corrected chi connectivity index (χ0v) is 9.41. The van der Waals surface area contributed by atoms with Crippen LogP contribution in [0.3, 0.4) is 0 Å². The SMILES string of the molecule is CC(CN(C)C)Nc1ncncc1Cl. The minimum absolute atomic E-state index is 0.303. The first-order valence-electron chi connectivity index (χ1n) is 4.46. The number of nitrogens with one attached hydrogen (secondary N) is 1. The van der Waals surface area contributed by atoms with Gasteiger partial charge in [0.15, 0.2) is 0 Å². The van der Waals surface area contributed by atoms with E-state index in [1.807, 2.05) is 14.1 Å². The van der Waals surface area contributed by atoms with Gasteiger partial charge in [0.25, 0.3) is 0 Å². The van der Waals surface area contributed by atoms with E-state index in [-0.39, 0.29) is 0 Å². The molecule has 4 nitrogen and oxygen atoms in total. The lowest BCUT2D eigenvalue weighted by Gasteiger charge is -2.18. The zero-order chi connectivity index (χ0) is 10.6. The molecule has 14 heavy (non-hydrogen) atoms. The Balaban J connectivity index is 2.56. The molecule has 0 bridgehead atoms. The van der Waals surface area contributed by atoms with E-state index in [2.05, 4.69) is 27.1 Å². The fraction of sp³-hybridized carbons (Fsp3) is 0.556. The van der Waals surface area contributed by atoms with Crippen LogP contribution in [0.15, 0.2) is 12.5 Å². The topological polar surface area (TPSA) is 41.0 Å². The predicted molar refractivity (Wildman–Crippen MR) is 58.7 cm³/mol. The van der Waals surface area contributed by atoms with Gasteiger partial charge in [-0.1, -0.05) is 11.6 Å². The maximum atomic E-state index is 5.90. The Morgan fingerprint density at radius 2 is 2.29 bits per heavy atom. The van der Waals surface area contributed by atoms with E-state index in [1.54, 1.807) is 6.20 Å². The molecule has 1 N–H and O–H groups in total. The standard InChI is InChI=1S/C9H15ClN4/c1-7(5-14(2)3)13-9-8(10)4-11-6-12-9/h4,6-7H,5H2,1-3H3,(H,11,12,13). The van der Waals surface area contributed by atoms with Crippen LogP contribution in [0.25, 0.3) is 0 Å². The van der Waals surface area contributed by atoms with Crippen molar-refractivity contribution in [2.24, 2.45) is 0 Å². The van der Waals surface area contributed by atoms with Gasteiger partial charge < -0.3 is 10.2 Å². The lowest BCUT2D eigenvalue weighted by atomic mass is 10.3. The molecule has 0 aliphatic carbocycles. The first kappa shape index (κ1) is 11.2. The summed E-state index contributed by atoms with van der Waals surface area (Å²) in [5.74, 6) is 0.691. The highest BCUT2D eigenvalue weighted by Crippen LogP contribution is 2.16. The van der Waals surface area contributed by atoms with Crippen LogP contribution in [-0.2, 0) is 0 Å². The number of anilines is 1. The molecule has 1 rings (SSSR count). The van der Waals surface area contributed by atoms with Gasteiger partial charge in [-0.2, -0.15) is 0 Å². The van der Waals surface area contributed by atoms with Gasteiger partial charge in [0.05, 0.1) is 6.20 Å². The Bertz CT molecular complexity index is 290. The summed E-state index contributed by atoms with van der Waals surface area (Å²) in [6.45, 7) is 3.01.